The minimum atomic E-state index is -0.910. The molecule has 2 unspecified atom stereocenters. The SMILES string of the molecule is CCC(CC)C(C)C(=O)N(C1CC1)C(C)C(=O)O. The fraction of sp³-hybridized carbons (Fsp3) is 0.857. The van der Waals surface area contributed by atoms with E-state index in [0.717, 1.165) is 25.7 Å². The van der Waals surface area contributed by atoms with Gasteiger partial charge in [-0.2, -0.15) is 0 Å². The minimum Gasteiger partial charge on any atom is -0.480 e. The standard InChI is InChI=1S/C14H25NO3/c1-5-11(6-2)9(3)13(16)15(12-7-8-12)10(4)14(17)18/h9-12H,5-8H2,1-4H3,(H,17,18). The third kappa shape index (κ3) is 3.24. The summed E-state index contributed by atoms with van der Waals surface area (Å²) < 4.78 is 0. The molecule has 0 heterocycles. The number of aliphatic carboxylic acids is 1. The molecule has 0 aromatic heterocycles. The normalized spacial score (nSPS) is 18.5. The molecule has 0 aromatic rings. The molecule has 1 saturated carbocycles. The van der Waals surface area contributed by atoms with E-state index in [1.165, 1.54) is 0 Å². The maximum absolute atomic E-state index is 12.5. The van der Waals surface area contributed by atoms with Crippen LogP contribution >= 0.6 is 0 Å². The zero-order valence-electron chi connectivity index (χ0n) is 11.8. The van der Waals surface area contributed by atoms with Gasteiger partial charge in [-0.05, 0) is 25.7 Å². The molecule has 0 saturated heterocycles. The summed E-state index contributed by atoms with van der Waals surface area (Å²) in [5.74, 6) is -0.629. The maximum Gasteiger partial charge on any atom is 0.326 e. The van der Waals surface area contributed by atoms with E-state index in [4.69, 9.17) is 5.11 Å². The van der Waals surface area contributed by atoms with Crippen molar-refractivity contribution in [1.82, 2.24) is 4.90 Å². The van der Waals surface area contributed by atoms with Gasteiger partial charge in [-0.15, -0.1) is 0 Å². The van der Waals surface area contributed by atoms with Crippen molar-refractivity contribution in [1.29, 1.82) is 0 Å². The molecule has 0 aromatic carbocycles. The van der Waals surface area contributed by atoms with E-state index >= 15 is 0 Å². The van der Waals surface area contributed by atoms with Crippen LogP contribution in [-0.4, -0.2) is 34.0 Å². The largest absolute Gasteiger partial charge is 0.480 e. The van der Waals surface area contributed by atoms with Crippen molar-refractivity contribution in [2.75, 3.05) is 0 Å². The molecule has 1 fully saturated rings. The van der Waals surface area contributed by atoms with Gasteiger partial charge in [-0.3, -0.25) is 4.79 Å². The summed E-state index contributed by atoms with van der Waals surface area (Å²) in [5, 5.41) is 9.12. The highest BCUT2D eigenvalue weighted by atomic mass is 16.4. The molecule has 2 atom stereocenters. The summed E-state index contributed by atoms with van der Waals surface area (Å²) in [6, 6.07) is -0.553. The van der Waals surface area contributed by atoms with E-state index < -0.39 is 12.0 Å². The number of amides is 1. The first-order valence-corrected chi connectivity index (χ1v) is 6.98. The molecule has 104 valence electrons. The fourth-order valence-corrected chi connectivity index (χ4v) is 2.59. The van der Waals surface area contributed by atoms with Crippen molar-refractivity contribution < 1.29 is 14.7 Å². The Morgan fingerprint density at radius 2 is 1.72 bits per heavy atom. The molecule has 1 aliphatic rings. The minimum absolute atomic E-state index is 0.0149. The number of carbonyl (C=O) groups is 2. The molecule has 1 amide bonds. The van der Waals surface area contributed by atoms with Gasteiger partial charge in [0.05, 0.1) is 0 Å². The van der Waals surface area contributed by atoms with Crippen molar-refractivity contribution in [3.63, 3.8) is 0 Å². The Hall–Kier alpha value is -1.06. The van der Waals surface area contributed by atoms with Gasteiger partial charge in [0.1, 0.15) is 6.04 Å². The van der Waals surface area contributed by atoms with Crippen LogP contribution in [0.1, 0.15) is 53.4 Å². The van der Waals surface area contributed by atoms with Crippen LogP contribution in [0.3, 0.4) is 0 Å². The second-order valence-corrected chi connectivity index (χ2v) is 5.36. The topological polar surface area (TPSA) is 57.6 Å². The molecule has 1 aliphatic carbocycles. The number of carboxylic acid groups (broad SMARTS) is 1. The van der Waals surface area contributed by atoms with E-state index in [-0.39, 0.29) is 17.9 Å². The lowest BCUT2D eigenvalue weighted by molar-refractivity contribution is -0.152. The molecular weight excluding hydrogens is 230 g/mol. The fourth-order valence-electron chi connectivity index (χ4n) is 2.59. The van der Waals surface area contributed by atoms with Gasteiger partial charge in [0.2, 0.25) is 5.91 Å². The lowest BCUT2D eigenvalue weighted by Crippen LogP contribution is -2.48. The monoisotopic (exact) mass is 255 g/mol. The molecule has 1 N–H and O–H groups in total. The summed E-state index contributed by atoms with van der Waals surface area (Å²) in [6.45, 7) is 7.71. The van der Waals surface area contributed by atoms with E-state index in [2.05, 4.69) is 13.8 Å². The summed E-state index contributed by atoms with van der Waals surface area (Å²) >= 11 is 0. The highest BCUT2D eigenvalue weighted by Gasteiger charge is 2.40. The highest BCUT2D eigenvalue weighted by molar-refractivity contribution is 5.85. The van der Waals surface area contributed by atoms with Gasteiger partial charge < -0.3 is 10.0 Å². The van der Waals surface area contributed by atoms with E-state index in [1.54, 1.807) is 11.8 Å². The molecule has 1 rings (SSSR count). The molecule has 4 nitrogen and oxygen atoms in total. The molecule has 0 spiro atoms. The van der Waals surface area contributed by atoms with Gasteiger partial charge in [-0.1, -0.05) is 33.6 Å². The number of hydrogen-bond acceptors (Lipinski definition) is 2. The third-order valence-corrected chi connectivity index (χ3v) is 4.11. The molecule has 0 radical (unpaired) electrons. The van der Waals surface area contributed by atoms with Gasteiger partial charge in [0.25, 0.3) is 0 Å². The number of hydrogen-bond donors (Lipinski definition) is 1. The Morgan fingerprint density at radius 1 is 1.22 bits per heavy atom. The van der Waals surface area contributed by atoms with Crippen molar-refractivity contribution in [3.05, 3.63) is 0 Å². The summed E-state index contributed by atoms with van der Waals surface area (Å²) in [6.07, 6.45) is 3.81. The van der Waals surface area contributed by atoms with Crippen LogP contribution in [-0.2, 0) is 9.59 Å². The molecule has 18 heavy (non-hydrogen) atoms. The van der Waals surface area contributed by atoms with Crippen molar-refractivity contribution in [3.8, 4) is 0 Å². The average Bonchev–Trinajstić information content (AvgIpc) is 3.14. The van der Waals surface area contributed by atoms with Crippen molar-refractivity contribution >= 4 is 11.9 Å². The number of carbonyl (C=O) groups excluding carboxylic acids is 1. The van der Waals surface area contributed by atoms with Crippen LogP contribution in [0.15, 0.2) is 0 Å². The molecule has 4 heteroatoms. The number of rotatable bonds is 7. The van der Waals surface area contributed by atoms with Crippen LogP contribution in [0.2, 0.25) is 0 Å². The van der Waals surface area contributed by atoms with E-state index in [0.29, 0.717) is 5.92 Å². The first kappa shape index (κ1) is 15.0. The third-order valence-electron chi connectivity index (χ3n) is 4.11. The van der Waals surface area contributed by atoms with Crippen molar-refractivity contribution in [2.45, 2.75) is 65.5 Å². The second-order valence-electron chi connectivity index (χ2n) is 5.36. The van der Waals surface area contributed by atoms with Gasteiger partial charge >= 0.3 is 5.97 Å². The zero-order valence-corrected chi connectivity index (χ0v) is 11.8. The van der Waals surface area contributed by atoms with Crippen LogP contribution < -0.4 is 0 Å². The Balaban J connectivity index is 2.79. The predicted molar refractivity (Wildman–Crippen MR) is 70.2 cm³/mol. The first-order valence-electron chi connectivity index (χ1n) is 6.98. The van der Waals surface area contributed by atoms with Crippen LogP contribution in [0.25, 0.3) is 0 Å². The van der Waals surface area contributed by atoms with Gasteiger partial charge in [-0.25, -0.2) is 4.79 Å². The predicted octanol–water partition coefficient (Wildman–Crippen LogP) is 2.52. The quantitative estimate of drug-likeness (QED) is 0.760. The lowest BCUT2D eigenvalue weighted by atomic mass is 9.88. The van der Waals surface area contributed by atoms with Crippen LogP contribution in [0, 0.1) is 11.8 Å². The Bertz CT molecular complexity index is 308. The summed E-state index contributed by atoms with van der Waals surface area (Å²) in [7, 11) is 0. The summed E-state index contributed by atoms with van der Waals surface area (Å²) in [4.78, 5) is 25.2. The molecular formula is C14H25NO3. The highest BCUT2D eigenvalue weighted by Crippen LogP contribution is 2.32. The summed E-state index contributed by atoms with van der Waals surface area (Å²) in [5.41, 5.74) is 0. The Kier molecular flexibility index (Phi) is 5.17. The maximum atomic E-state index is 12.5. The van der Waals surface area contributed by atoms with E-state index in [9.17, 15) is 9.59 Å². The van der Waals surface area contributed by atoms with Gasteiger partial charge in [0.15, 0.2) is 0 Å². The number of nitrogens with zero attached hydrogens (tertiary/aromatic N) is 1. The Labute approximate surface area is 109 Å². The smallest absolute Gasteiger partial charge is 0.326 e. The average molecular weight is 255 g/mol. The van der Waals surface area contributed by atoms with E-state index in [1.807, 2.05) is 6.92 Å². The van der Waals surface area contributed by atoms with Crippen LogP contribution in [0.4, 0.5) is 0 Å². The Morgan fingerprint density at radius 3 is 2.06 bits per heavy atom. The van der Waals surface area contributed by atoms with Gasteiger partial charge in [0, 0.05) is 12.0 Å². The first-order chi connectivity index (χ1) is 8.43. The number of carboxylic acids is 1. The van der Waals surface area contributed by atoms with Crippen LogP contribution in [0.5, 0.6) is 0 Å². The lowest BCUT2D eigenvalue weighted by Gasteiger charge is -2.32. The second kappa shape index (κ2) is 6.21. The zero-order chi connectivity index (χ0) is 13.9. The van der Waals surface area contributed by atoms with Crippen molar-refractivity contribution in [2.24, 2.45) is 11.8 Å². The molecule has 0 aliphatic heterocycles. The molecule has 0 bridgehead atoms.